The molecule has 0 saturated heterocycles. The molecule has 0 spiro atoms. The van der Waals surface area contributed by atoms with Crippen molar-refractivity contribution in [2.24, 2.45) is 0 Å². The van der Waals surface area contributed by atoms with Crippen LogP contribution in [0.4, 0.5) is 0 Å². The van der Waals surface area contributed by atoms with Gasteiger partial charge in [0.25, 0.3) is 5.91 Å². The summed E-state index contributed by atoms with van der Waals surface area (Å²) in [5.74, 6) is 0.550. The predicted molar refractivity (Wildman–Crippen MR) is 63.0 cm³/mol. The van der Waals surface area contributed by atoms with E-state index in [4.69, 9.17) is 4.74 Å². The maximum atomic E-state index is 11.6. The number of allylic oxidation sites excluding steroid dienone is 1. The first-order chi connectivity index (χ1) is 7.63. The fourth-order valence-corrected chi connectivity index (χ4v) is 1.06. The van der Waals surface area contributed by atoms with Crippen LogP contribution in [0.15, 0.2) is 36.0 Å². The number of carbonyl (C=O) groups excluding carboxylic acids is 1. The highest BCUT2D eigenvalue weighted by Gasteiger charge is 2.03. The number of benzene rings is 1. The van der Waals surface area contributed by atoms with Gasteiger partial charge in [-0.3, -0.25) is 10.2 Å². The molecule has 0 fully saturated rings. The molecule has 0 bridgehead atoms. The Morgan fingerprint density at radius 2 is 1.88 bits per heavy atom. The van der Waals surface area contributed by atoms with E-state index in [1.54, 1.807) is 37.6 Å². The molecule has 0 aromatic heterocycles. The third-order valence-electron chi connectivity index (χ3n) is 1.90. The van der Waals surface area contributed by atoms with Crippen molar-refractivity contribution in [3.63, 3.8) is 0 Å². The van der Waals surface area contributed by atoms with E-state index in [1.807, 2.05) is 13.8 Å². The minimum atomic E-state index is -0.180. The molecule has 4 nitrogen and oxygen atoms in total. The molecule has 0 heterocycles. The number of rotatable bonds is 4. The highest BCUT2D eigenvalue weighted by molar-refractivity contribution is 5.93. The molecule has 1 aromatic rings. The Balaban J connectivity index is 2.56. The zero-order valence-corrected chi connectivity index (χ0v) is 9.70. The molecule has 1 amide bonds. The summed E-state index contributed by atoms with van der Waals surface area (Å²) in [7, 11) is 1.59. The Morgan fingerprint density at radius 1 is 1.25 bits per heavy atom. The molecule has 0 saturated carbocycles. The number of hydrazine groups is 1. The number of nitrogens with one attached hydrogen (secondary N) is 2. The lowest BCUT2D eigenvalue weighted by atomic mass is 10.2. The molecule has 86 valence electrons. The van der Waals surface area contributed by atoms with Gasteiger partial charge in [0, 0.05) is 11.8 Å². The van der Waals surface area contributed by atoms with Crippen LogP contribution in [-0.2, 0) is 0 Å². The van der Waals surface area contributed by atoms with E-state index >= 15 is 0 Å². The van der Waals surface area contributed by atoms with E-state index in [0.29, 0.717) is 5.56 Å². The summed E-state index contributed by atoms with van der Waals surface area (Å²) < 4.78 is 5.00. The van der Waals surface area contributed by atoms with Crippen molar-refractivity contribution in [2.45, 2.75) is 13.8 Å². The number of hydrogen-bond acceptors (Lipinski definition) is 3. The molecule has 2 N–H and O–H groups in total. The van der Waals surface area contributed by atoms with Crippen molar-refractivity contribution in [3.05, 3.63) is 41.6 Å². The van der Waals surface area contributed by atoms with Gasteiger partial charge in [0.05, 0.1) is 7.11 Å². The van der Waals surface area contributed by atoms with Crippen molar-refractivity contribution >= 4 is 5.91 Å². The Morgan fingerprint density at radius 3 is 2.38 bits per heavy atom. The maximum Gasteiger partial charge on any atom is 0.269 e. The normalized spacial score (nSPS) is 9.19. The Hall–Kier alpha value is -1.97. The minimum absolute atomic E-state index is 0.180. The number of amides is 1. The zero-order chi connectivity index (χ0) is 12.0. The lowest BCUT2D eigenvalue weighted by Gasteiger charge is -2.05. The van der Waals surface area contributed by atoms with E-state index in [1.165, 1.54) is 0 Å². The Labute approximate surface area is 95.3 Å². The van der Waals surface area contributed by atoms with Gasteiger partial charge in [-0.2, -0.15) is 0 Å². The topological polar surface area (TPSA) is 50.4 Å². The molecular weight excluding hydrogens is 204 g/mol. The third-order valence-corrected chi connectivity index (χ3v) is 1.90. The highest BCUT2D eigenvalue weighted by Crippen LogP contribution is 2.10. The van der Waals surface area contributed by atoms with Gasteiger partial charge in [-0.25, -0.2) is 0 Å². The van der Waals surface area contributed by atoms with E-state index in [-0.39, 0.29) is 5.91 Å². The second-order valence-corrected chi connectivity index (χ2v) is 3.55. The molecule has 1 aromatic carbocycles. The fraction of sp³-hybridized carbons (Fsp3) is 0.250. The van der Waals surface area contributed by atoms with Crippen molar-refractivity contribution < 1.29 is 9.53 Å². The summed E-state index contributed by atoms with van der Waals surface area (Å²) in [4.78, 5) is 11.6. The van der Waals surface area contributed by atoms with Crippen LogP contribution in [0.25, 0.3) is 0 Å². The van der Waals surface area contributed by atoms with Gasteiger partial charge in [-0.15, -0.1) is 0 Å². The van der Waals surface area contributed by atoms with Crippen LogP contribution in [0.5, 0.6) is 5.75 Å². The molecule has 0 aliphatic carbocycles. The zero-order valence-electron chi connectivity index (χ0n) is 9.70. The van der Waals surface area contributed by atoms with Crippen LogP contribution in [0.2, 0.25) is 0 Å². The predicted octanol–water partition coefficient (Wildman–Crippen LogP) is 1.85. The van der Waals surface area contributed by atoms with Gasteiger partial charge in [0.2, 0.25) is 0 Å². The second-order valence-electron chi connectivity index (χ2n) is 3.55. The summed E-state index contributed by atoms with van der Waals surface area (Å²) in [6, 6.07) is 6.91. The second kappa shape index (κ2) is 5.80. The largest absolute Gasteiger partial charge is 0.497 e. The van der Waals surface area contributed by atoms with Gasteiger partial charge < -0.3 is 10.2 Å². The molecule has 16 heavy (non-hydrogen) atoms. The summed E-state index contributed by atoms with van der Waals surface area (Å²) in [5.41, 5.74) is 6.94. The third kappa shape index (κ3) is 3.65. The first kappa shape index (κ1) is 12.1. The molecule has 0 aliphatic heterocycles. The smallest absolute Gasteiger partial charge is 0.269 e. The van der Waals surface area contributed by atoms with Gasteiger partial charge in [-0.05, 0) is 38.1 Å². The molecule has 0 aliphatic rings. The Kier molecular flexibility index (Phi) is 4.39. The standard InChI is InChI=1S/C12H16N2O2/c1-9(2)8-13-14-12(15)10-4-6-11(16-3)7-5-10/h4-8,13H,1-3H3,(H,14,15). The highest BCUT2D eigenvalue weighted by atomic mass is 16.5. The van der Waals surface area contributed by atoms with Gasteiger partial charge >= 0.3 is 0 Å². The Bertz CT molecular complexity index is 379. The van der Waals surface area contributed by atoms with Crippen LogP contribution in [0, 0.1) is 0 Å². The molecular formula is C12H16N2O2. The van der Waals surface area contributed by atoms with Gasteiger partial charge in [0.1, 0.15) is 5.75 Å². The van der Waals surface area contributed by atoms with Crippen molar-refractivity contribution in [2.75, 3.05) is 7.11 Å². The SMILES string of the molecule is COc1ccc(C(=O)NNC=C(C)C)cc1. The number of methoxy groups -OCH3 is 1. The van der Waals surface area contributed by atoms with Gasteiger partial charge in [-0.1, -0.05) is 5.57 Å². The van der Waals surface area contributed by atoms with Gasteiger partial charge in [0.15, 0.2) is 0 Å². The number of ether oxygens (including phenoxy) is 1. The average Bonchev–Trinajstić information content (AvgIpc) is 2.28. The lowest BCUT2D eigenvalue weighted by Crippen LogP contribution is -2.33. The van der Waals surface area contributed by atoms with E-state index in [0.717, 1.165) is 11.3 Å². The van der Waals surface area contributed by atoms with Crippen molar-refractivity contribution in [1.29, 1.82) is 0 Å². The number of carbonyl (C=O) groups is 1. The van der Waals surface area contributed by atoms with Crippen LogP contribution < -0.4 is 15.6 Å². The first-order valence-electron chi connectivity index (χ1n) is 4.97. The lowest BCUT2D eigenvalue weighted by molar-refractivity contribution is 0.0941. The van der Waals surface area contributed by atoms with Crippen molar-refractivity contribution in [3.8, 4) is 5.75 Å². The molecule has 0 unspecified atom stereocenters. The van der Waals surface area contributed by atoms with Crippen LogP contribution in [0.3, 0.4) is 0 Å². The monoisotopic (exact) mass is 220 g/mol. The average molecular weight is 220 g/mol. The van der Waals surface area contributed by atoms with Crippen LogP contribution in [0.1, 0.15) is 24.2 Å². The molecule has 0 radical (unpaired) electrons. The number of hydrogen-bond donors (Lipinski definition) is 2. The first-order valence-corrected chi connectivity index (χ1v) is 4.97. The molecule has 1 rings (SSSR count). The summed E-state index contributed by atoms with van der Waals surface area (Å²) in [6.45, 7) is 3.87. The summed E-state index contributed by atoms with van der Waals surface area (Å²) in [5, 5.41) is 0. The summed E-state index contributed by atoms with van der Waals surface area (Å²) >= 11 is 0. The maximum absolute atomic E-state index is 11.6. The van der Waals surface area contributed by atoms with E-state index in [9.17, 15) is 4.79 Å². The van der Waals surface area contributed by atoms with Crippen LogP contribution in [-0.4, -0.2) is 13.0 Å². The quantitative estimate of drug-likeness (QED) is 0.761. The minimum Gasteiger partial charge on any atom is -0.497 e. The van der Waals surface area contributed by atoms with Crippen LogP contribution >= 0.6 is 0 Å². The summed E-state index contributed by atoms with van der Waals surface area (Å²) in [6.07, 6.45) is 1.72. The fourth-order valence-electron chi connectivity index (χ4n) is 1.06. The molecule has 4 heteroatoms. The van der Waals surface area contributed by atoms with E-state index < -0.39 is 0 Å². The molecule has 0 atom stereocenters. The van der Waals surface area contributed by atoms with Crippen molar-refractivity contribution in [1.82, 2.24) is 10.9 Å². The van der Waals surface area contributed by atoms with E-state index in [2.05, 4.69) is 10.9 Å².